The smallest absolute Gasteiger partial charge is 0.410 e. The Morgan fingerprint density at radius 2 is 0.973 bits per heavy atom. The zero-order valence-corrected chi connectivity index (χ0v) is 68.4. The van der Waals surface area contributed by atoms with E-state index in [0.717, 1.165) is 44.1 Å². The molecule has 4 aromatic carbocycles. The predicted molar refractivity (Wildman–Crippen MR) is 434 cm³/mol. The van der Waals surface area contributed by atoms with Gasteiger partial charge in [-0.2, -0.15) is 0 Å². The predicted octanol–water partition coefficient (Wildman–Crippen LogP) is 11.8. The van der Waals surface area contributed by atoms with Gasteiger partial charge < -0.3 is 61.2 Å². The number of likely N-dealkylation sites (N-methyl/N-ethyl adjacent to an activating group) is 2. The molecule has 0 spiro atoms. The lowest BCUT2D eigenvalue weighted by Crippen LogP contribution is -2.61. The monoisotopic (exact) mass is 1550 g/mol. The Kier molecular flexibility index (Phi) is 29.6. The minimum absolute atomic E-state index is 0.00230. The van der Waals surface area contributed by atoms with Crippen molar-refractivity contribution >= 4 is 47.9 Å². The topological polar surface area (TPSA) is 327 Å². The molecule has 25 nitrogen and oxygen atoms in total. The number of urea groups is 1. The molecular formula is C88H116N12O13. The van der Waals surface area contributed by atoms with Crippen molar-refractivity contribution in [2.45, 2.75) is 208 Å². The van der Waals surface area contributed by atoms with Crippen LogP contribution in [-0.4, -0.2) is 193 Å². The van der Waals surface area contributed by atoms with Crippen molar-refractivity contribution in [1.29, 1.82) is 0 Å². The number of aliphatic hydroxyl groups is 2. The number of hydrogen-bond acceptors (Lipinski definition) is 15. The van der Waals surface area contributed by atoms with Gasteiger partial charge in [0.15, 0.2) is 0 Å². The van der Waals surface area contributed by atoms with E-state index < -0.39 is 130 Å². The van der Waals surface area contributed by atoms with E-state index in [4.69, 9.17) is 9.47 Å². The van der Waals surface area contributed by atoms with E-state index in [1.165, 1.54) is 26.1 Å². The fourth-order valence-electron chi connectivity index (χ4n) is 14.7. The Balaban J connectivity index is 1.18. The van der Waals surface area contributed by atoms with Crippen molar-refractivity contribution in [1.82, 2.24) is 61.1 Å². The SMILES string of the molecule is COC(=O)N[C@H](C(=O)N[C@@H](Cc1ccc(-c2ccccn2)cc1)C[C@H](OC(=O)N(C)C(C(=O)N[C@H](Cc1ccc(-c2ccccn2)cc1)C[C@H](O)[C@H](Cc1ccccc1)NC(=O)[C@@H](N1CCN(Cc2cccc(C(C)(C)O)n2)C1=O)C(C)(C)C)C(C)(C)C)[C@H](Cc1ccccc1)NC(=O)[C@@H](N(C)C(=O)O)C(C)(C)C)C(C)(C)C. The summed E-state index contributed by atoms with van der Waals surface area (Å²) in [7, 11) is 3.92. The first-order chi connectivity index (χ1) is 53.1. The molecular weight excluding hydrogens is 1430 g/mol. The zero-order chi connectivity index (χ0) is 82.9. The summed E-state index contributed by atoms with van der Waals surface area (Å²) >= 11 is 0. The maximum Gasteiger partial charge on any atom is 0.410 e. The van der Waals surface area contributed by atoms with Crippen LogP contribution in [0, 0.1) is 21.7 Å². The summed E-state index contributed by atoms with van der Waals surface area (Å²) in [5, 5.41) is 49.7. The van der Waals surface area contributed by atoms with Gasteiger partial charge in [0.1, 0.15) is 35.9 Å². The summed E-state index contributed by atoms with van der Waals surface area (Å²) in [6.07, 6.45) is -2.62. The van der Waals surface area contributed by atoms with Gasteiger partial charge in [0.05, 0.1) is 54.6 Å². The number of hydrogen-bond donors (Lipinski definition) is 8. The van der Waals surface area contributed by atoms with Crippen molar-refractivity contribution in [3.8, 4) is 22.5 Å². The molecule has 0 radical (unpaired) electrons. The highest BCUT2D eigenvalue weighted by Gasteiger charge is 2.47. The molecule has 7 aromatic rings. The normalized spacial score (nSPS) is 15.5. The largest absolute Gasteiger partial charge is 0.465 e. The Morgan fingerprint density at radius 3 is 1.44 bits per heavy atom. The van der Waals surface area contributed by atoms with Gasteiger partial charge in [0, 0.05) is 69.2 Å². The van der Waals surface area contributed by atoms with Gasteiger partial charge in [-0.1, -0.05) is 210 Å². The number of carboxylic acid groups (broad SMARTS) is 1. The van der Waals surface area contributed by atoms with Crippen LogP contribution in [-0.2, 0) is 66.5 Å². The van der Waals surface area contributed by atoms with Crippen LogP contribution in [0.2, 0.25) is 0 Å². The van der Waals surface area contributed by atoms with Gasteiger partial charge in [-0.25, -0.2) is 19.2 Å². The van der Waals surface area contributed by atoms with Crippen LogP contribution < -0.4 is 26.6 Å². The molecule has 1 saturated heterocycles. The minimum atomic E-state index is -1.40. The summed E-state index contributed by atoms with van der Waals surface area (Å²) in [5.41, 5.74) is 2.05. The molecule has 0 bridgehead atoms. The number of amides is 9. The van der Waals surface area contributed by atoms with Crippen LogP contribution in [0.25, 0.3) is 22.5 Å². The number of nitrogens with zero attached hydrogens (tertiary/aromatic N) is 7. The molecule has 3 aromatic heterocycles. The second-order valence-electron chi connectivity index (χ2n) is 34.4. The Labute approximate surface area is 665 Å². The lowest BCUT2D eigenvalue weighted by Gasteiger charge is -2.40. The number of pyridine rings is 3. The highest BCUT2D eigenvalue weighted by atomic mass is 16.6. The van der Waals surface area contributed by atoms with Crippen LogP contribution in [0.4, 0.5) is 19.2 Å². The molecule has 1 aliphatic heterocycles. The number of carbonyl (C=O) groups is 8. The number of aromatic nitrogens is 3. The van der Waals surface area contributed by atoms with Crippen LogP contribution in [0.1, 0.15) is 143 Å². The van der Waals surface area contributed by atoms with E-state index in [1.807, 2.05) is 166 Å². The van der Waals surface area contributed by atoms with Gasteiger partial charge in [-0.15, -0.1) is 0 Å². The highest BCUT2D eigenvalue weighted by molar-refractivity contribution is 5.90. The molecule has 1 aliphatic rings. The average molecular weight is 1550 g/mol. The molecule has 0 saturated carbocycles. The summed E-state index contributed by atoms with van der Waals surface area (Å²) in [6, 6.07) is 40.8. The summed E-state index contributed by atoms with van der Waals surface area (Å²) in [5.74, 6) is -2.47. The molecule has 4 heterocycles. The van der Waals surface area contributed by atoms with Crippen molar-refractivity contribution in [3.05, 3.63) is 210 Å². The average Bonchev–Trinajstić information content (AvgIpc) is 1.71. The maximum absolute atomic E-state index is 16.0. The lowest BCUT2D eigenvalue weighted by molar-refractivity contribution is -0.132. The van der Waals surface area contributed by atoms with Crippen LogP contribution in [0.3, 0.4) is 0 Å². The van der Waals surface area contributed by atoms with E-state index >= 15 is 24.0 Å². The third-order valence-corrected chi connectivity index (χ3v) is 20.3. The molecule has 8 N–H and O–H groups in total. The first-order valence-electron chi connectivity index (χ1n) is 38.6. The number of ether oxygens (including phenoxy) is 2. The molecule has 0 aliphatic carbocycles. The molecule has 10 atom stereocenters. The van der Waals surface area contributed by atoms with Crippen LogP contribution >= 0.6 is 0 Å². The lowest BCUT2D eigenvalue weighted by atomic mass is 9.84. The van der Waals surface area contributed by atoms with Gasteiger partial charge in [0.25, 0.3) is 0 Å². The van der Waals surface area contributed by atoms with E-state index in [1.54, 1.807) is 117 Å². The summed E-state index contributed by atoms with van der Waals surface area (Å²) in [6.45, 7) is 25.4. The minimum Gasteiger partial charge on any atom is -0.465 e. The Hall–Kier alpha value is -10.8. The molecule has 1 fully saturated rings. The first-order valence-corrected chi connectivity index (χ1v) is 38.6. The van der Waals surface area contributed by atoms with Gasteiger partial charge in [-0.05, 0) is 126 Å². The number of aliphatic hydroxyl groups excluding tert-OH is 1. The number of nitrogens with one attached hydrogen (secondary N) is 5. The van der Waals surface area contributed by atoms with Crippen molar-refractivity contribution in [2.24, 2.45) is 21.7 Å². The van der Waals surface area contributed by atoms with Gasteiger partial charge >= 0.3 is 24.3 Å². The Bertz CT molecular complexity index is 4310. The fourth-order valence-corrected chi connectivity index (χ4v) is 14.7. The number of benzene rings is 4. The van der Waals surface area contributed by atoms with Crippen LogP contribution in [0.5, 0.6) is 0 Å². The first kappa shape index (κ1) is 87.8. The van der Waals surface area contributed by atoms with Crippen LogP contribution in [0.15, 0.2) is 176 Å². The third kappa shape index (κ3) is 24.9. The number of methoxy groups -OCH3 is 1. The molecule has 8 rings (SSSR count). The number of alkyl carbamates (subject to hydrolysis) is 1. The second-order valence-corrected chi connectivity index (χ2v) is 34.4. The molecule has 606 valence electrons. The van der Waals surface area contributed by atoms with Gasteiger partial charge in [-0.3, -0.25) is 43.9 Å². The molecule has 25 heteroatoms. The van der Waals surface area contributed by atoms with E-state index in [-0.39, 0.29) is 64.2 Å². The van der Waals surface area contributed by atoms with Crippen molar-refractivity contribution in [2.75, 3.05) is 34.3 Å². The van der Waals surface area contributed by atoms with E-state index in [9.17, 15) is 29.7 Å². The maximum atomic E-state index is 16.0. The highest BCUT2D eigenvalue weighted by Crippen LogP contribution is 2.33. The van der Waals surface area contributed by atoms with E-state index in [2.05, 4.69) is 41.5 Å². The zero-order valence-electron chi connectivity index (χ0n) is 68.4. The molecule has 113 heavy (non-hydrogen) atoms. The summed E-state index contributed by atoms with van der Waals surface area (Å²) in [4.78, 5) is 137. The van der Waals surface area contributed by atoms with Gasteiger partial charge in [0.2, 0.25) is 23.6 Å². The van der Waals surface area contributed by atoms with Crippen molar-refractivity contribution < 1.29 is 63.1 Å². The fraction of sp³-hybridized carbons (Fsp3) is 0.466. The Morgan fingerprint density at radius 1 is 0.504 bits per heavy atom. The van der Waals surface area contributed by atoms with Crippen molar-refractivity contribution in [3.63, 3.8) is 0 Å². The quantitative estimate of drug-likeness (QED) is 0.0194. The number of carbonyl (C=O) groups excluding carboxylic acids is 7. The third-order valence-electron chi connectivity index (χ3n) is 20.3. The van der Waals surface area contributed by atoms with E-state index in [0.29, 0.717) is 17.0 Å². The number of rotatable bonds is 32. The molecule has 9 amide bonds. The second kappa shape index (κ2) is 38.2. The molecule has 1 unspecified atom stereocenters. The summed E-state index contributed by atoms with van der Waals surface area (Å²) < 4.78 is 11.8. The standard InChI is InChI=1S/C88H116N12O13/c1-84(2,3)72(96-80(106)112-17)76(102)92-64(50-59-39-43-61(44-40-59)66-35-25-27-46-90-66)54-70(68(52-57-31-22-19-23-32-57)95-78(104)73(85(4,5)6)97(15)82(108)109)113-83(110)98(16)74(86(7,8)9)77(103)93-63(49-58-37-41-60(42-38-58)65-34-24-26-45-89-65)53-69(101)67(51-56-29-20-18-21-30-56)94-79(105)75(87(10,11)12)100-48-47-99(81(100)107)55-62-33-28-36-71(91-62)88(13,14)111/h18-46,63-64,67-70,72-75,101,111H,47-55H2,1-17H3,(H,92,102)(H,93,103)(H,94,105)(H,95,104)(H,96,106)(H,108,109)/t63-,64+,67+,68+,69+,70+,72-,73-,74?,75-/m1/s1.